The second-order valence-corrected chi connectivity index (χ2v) is 4.39. The standard InChI is InChI=1S/C14H16N2O2/c15-8-5-11-1-3-12(4-2-11)14(17)16-13-6-9-18-10-7-13/h1-4,13H,5-7,9-10H2,(H,16,17). The van der Waals surface area contributed by atoms with Crippen LogP contribution in [-0.4, -0.2) is 25.2 Å². The summed E-state index contributed by atoms with van der Waals surface area (Å²) in [6, 6.07) is 9.47. The Kier molecular flexibility index (Phi) is 4.32. The summed E-state index contributed by atoms with van der Waals surface area (Å²) >= 11 is 0. The van der Waals surface area contributed by atoms with Crippen LogP contribution in [0.25, 0.3) is 0 Å². The molecule has 0 bridgehead atoms. The van der Waals surface area contributed by atoms with E-state index >= 15 is 0 Å². The number of nitrogens with zero attached hydrogens (tertiary/aromatic N) is 1. The van der Waals surface area contributed by atoms with Gasteiger partial charge >= 0.3 is 0 Å². The fourth-order valence-corrected chi connectivity index (χ4v) is 1.98. The van der Waals surface area contributed by atoms with Crippen molar-refractivity contribution >= 4 is 5.91 Å². The summed E-state index contributed by atoms with van der Waals surface area (Å²) < 4.78 is 5.25. The van der Waals surface area contributed by atoms with E-state index in [9.17, 15) is 4.79 Å². The van der Waals surface area contributed by atoms with E-state index in [1.165, 1.54) is 0 Å². The molecule has 1 amide bonds. The average molecular weight is 244 g/mol. The lowest BCUT2D eigenvalue weighted by Crippen LogP contribution is -2.38. The highest BCUT2D eigenvalue weighted by Gasteiger charge is 2.16. The van der Waals surface area contributed by atoms with Gasteiger partial charge in [0.05, 0.1) is 12.5 Å². The highest BCUT2D eigenvalue weighted by molar-refractivity contribution is 5.94. The van der Waals surface area contributed by atoms with Crippen LogP contribution >= 0.6 is 0 Å². The second kappa shape index (κ2) is 6.18. The van der Waals surface area contributed by atoms with E-state index in [2.05, 4.69) is 11.4 Å². The Morgan fingerprint density at radius 3 is 2.61 bits per heavy atom. The summed E-state index contributed by atoms with van der Waals surface area (Å²) in [5.74, 6) is -0.0505. The van der Waals surface area contributed by atoms with Crippen molar-refractivity contribution in [1.82, 2.24) is 5.32 Å². The first-order chi connectivity index (χ1) is 8.79. The molecule has 1 N–H and O–H groups in total. The number of carbonyl (C=O) groups excluding carboxylic acids is 1. The van der Waals surface area contributed by atoms with Crippen molar-refractivity contribution in [2.45, 2.75) is 25.3 Å². The van der Waals surface area contributed by atoms with Gasteiger partial charge in [0, 0.05) is 24.8 Å². The smallest absolute Gasteiger partial charge is 0.251 e. The Bertz CT molecular complexity index is 442. The SMILES string of the molecule is N#CCc1ccc(C(=O)NC2CCOCC2)cc1. The Balaban J connectivity index is 1.93. The number of amides is 1. The molecule has 94 valence electrons. The summed E-state index contributed by atoms with van der Waals surface area (Å²) in [6.07, 6.45) is 2.12. The maximum Gasteiger partial charge on any atom is 0.251 e. The van der Waals surface area contributed by atoms with Gasteiger partial charge in [-0.05, 0) is 30.5 Å². The lowest BCUT2D eigenvalue weighted by molar-refractivity contribution is 0.0696. The van der Waals surface area contributed by atoms with Crippen LogP contribution in [0.1, 0.15) is 28.8 Å². The lowest BCUT2D eigenvalue weighted by Gasteiger charge is -2.23. The topological polar surface area (TPSA) is 62.1 Å². The zero-order valence-corrected chi connectivity index (χ0v) is 10.2. The maximum atomic E-state index is 12.0. The van der Waals surface area contributed by atoms with E-state index in [0.717, 1.165) is 18.4 Å². The first-order valence-electron chi connectivity index (χ1n) is 6.14. The number of ether oxygens (including phenoxy) is 1. The normalized spacial score (nSPS) is 15.9. The van der Waals surface area contributed by atoms with Gasteiger partial charge in [-0.1, -0.05) is 12.1 Å². The summed E-state index contributed by atoms with van der Waals surface area (Å²) in [5.41, 5.74) is 1.57. The van der Waals surface area contributed by atoms with Crippen LogP contribution in [0.3, 0.4) is 0 Å². The molecule has 2 rings (SSSR count). The van der Waals surface area contributed by atoms with E-state index in [-0.39, 0.29) is 11.9 Å². The molecule has 1 heterocycles. The van der Waals surface area contributed by atoms with E-state index in [0.29, 0.717) is 25.2 Å². The minimum Gasteiger partial charge on any atom is -0.381 e. The fourth-order valence-electron chi connectivity index (χ4n) is 1.98. The molecule has 1 aromatic rings. The molecule has 0 spiro atoms. The quantitative estimate of drug-likeness (QED) is 0.879. The Morgan fingerprint density at radius 2 is 2.00 bits per heavy atom. The molecular formula is C14H16N2O2. The Morgan fingerprint density at radius 1 is 1.33 bits per heavy atom. The predicted molar refractivity (Wildman–Crippen MR) is 67.1 cm³/mol. The zero-order chi connectivity index (χ0) is 12.8. The molecule has 1 saturated heterocycles. The number of hydrogen-bond acceptors (Lipinski definition) is 3. The monoisotopic (exact) mass is 244 g/mol. The van der Waals surface area contributed by atoms with Crippen LogP contribution < -0.4 is 5.32 Å². The van der Waals surface area contributed by atoms with Gasteiger partial charge in [0.25, 0.3) is 5.91 Å². The molecule has 1 aliphatic rings. The van der Waals surface area contributed by atoms with Gasteiger partial charge in [0.15, 0.2) is 0 Å². The highest BCUT2D eigenvalue weighted by atomic mass is 16.5. The van der Waals surface area contributed by atoms with Crippen LogP contribution in [0.2, 0.25) is 0 Å². The molecule has 0 aliphatic carbocycles. The van der Waals surface area contributed by atoms with Crippen molar-refractivity contribution in [1.29, 1.82) is 5.26 Å². The number of hydrogen-bond donors (Lipinski definition) is 1. The molecule has 4 nitrogen and oxygen atoms in total. The minimum absolute atomic E-state index is 0.0505. The average Bonchev–Trinajstić information content (AvgIpc) is 2.41. The van der Waals surface area contributed by atoms with Gasteiger partial charge in [-0.2, -0.15) is 5.26 Å². The molecule has 0 aromatic heterocycles. The third-order valence-corrected chi connectivity index (χ3v) is 3.06. The Hall–Kier alpha value is -1.86. The molecule has 4 heteroatoms. The first kappa shape index (κ1) is 12.6. The molecule has 1 aromatic carbocycles. The van der Waals surface area contributed by atoms with Crippen molar-refractivity contribution in [2.24, 2.45) is 0 Å². The van der Waals surface area contributed by atoms with E-state index in [1.54, 1.807) is 12.1 Å². The molecular weight excluding hydrogens is 228 g/mol. The molecule has 18 heavy (non-hydrogen) atoms. The van der Waals surface area contributed by atoms with Crippen molar-refractivity contribution in [2.75, 3.05) is 13.2 Å². The third-order valence-electron chi connectivity index (χ3n) is 3.06. The minimum atomic E-state index is -0.0505. The number of rotatable bonds is 3. The lowest BCUT2D eigenvalue weighted by atomic mass is 10.1. The number of nitrogens with one attached hydrogen (secondary N) is 1. The van der Waals surface area contributed by atoms with Gasteiger partial charge in [-0.15, -0.1) is 0 Å². The van der Waals surface area contributed by atoms with Crippen molar-refractivity contribution in [3.63, 3.8) is 0 Å². The fraction of sp³-hybridized carbons (Fsp3) is 0.429. The van der Waals surface area contributed by atoms with Gasteiger partial charge in [-0.25, -0.2) is 0 Å². The Labute approximate surface area is 107 Å². The van der Waals surface area contributed by atoms with Crippen LogP contribution in [0.15, 0.2) is 24.3 Å². The van der Waals surface area contributed by atoms with Crippen LogP contribution in [0, 0.1) is 11.3 Å². The number of nitriles is 1. The van der Waals surface area contributed by atoms with Gasteiger partial charge < -0.3 is 10.1 Å². The molecule has 0 saturated carbocycles. The summed E-state index contributed by atoms with van der Waals surface area (Å²) in [7, 11) is 0. The third kappa shape index (κ3) is 3.31. The van der Waals surface area contributed by atoms with Gasteiger partial charge in [0.1, 0.15) is 0 Å². The molecule has 0 unspecified atom stereocenters. The van der Waals surface area contributed by atoms with Crippen molar-refractivity contribution in [3.8, 4) is 6.07 Å². The highest BCUT2D eigenvalue weighted by Crippen LogP contribution is 2.09. The van der Waals surface area contributed by atoms with E-state index in [4.69, 9.17) is 10.00 Å². The predicted octanol–water partition coefficient (Wildman–Crippen LogP) is 1.66. The van der Waals surface area contributed by atoms with Gasteiger partial charge in [0.2, 0.25) is 0 Å². The molecule has 0 radical (unpaired) electrons. The second-order valence-electron chi connectivity index (χ2n) is 4.39. The molecule has 1 fully saturated rings. The first-order valence-corrected chi connectivity index (χ1v) is 6.14. The van der Waals surface area contributed by atoms with Crippen molar-refractivity contribution in [3.05, 3.63) is 35.4 Å². The van der Waals surface area contributed by atoms with Crippen LogP contribution in [0.4, 0.5) is 0 Å². The maximum absolute atomic E-state index is 12.0. The largest absolute Gasteiger partial charge is 0.381 e. The number of carbonyl (C=O) groups is 1. The molecule has 0 atom stereocenters. The van der Waals surface area contributed by atoms with Gasteiger partial charge in [-0.3, -0.25) is 4.79 Å². The van der Waals surface area contributed by atoms with E-state index < -0.39 is 0 Å². The van der Waals surface area contributed by atoms with Crippen LogP contribution in [0.5, 0.6) is 0 Å². The van der Waals surface area contributed by atoms with Crippen molar-refractivity contribution < 1.29 is 9.53 Å². The van der Waals surface area contributed by atoms with E-state index in [1.807, 2.05) is 12.1 Å². The summed E-state index contributed by atoms with van der Waals surface area (Å²) in [5, 5.41) is 11.6. The zero-order valence-electron chi connectivity index (χ0n) is 10.2. The van der Waals surface area contributed by atoms with Crippen LogP contribution in [-0.2, 0) is 11.2 Å². The summed E-state index contributed by atoms with van der Waals surface area (Å²) in [4.78, 5) is 12.0. The number of benzene rings is 1. The summed E-state index contributed by atoms with van der Waals surface area (Å²) in [6.45, 7) is 1.43. The molecule has 1 aliphatic heterocycles.